The van der Waals surface area contributed by atoms with Crippen molar-refractivity contribution in [2.45, 2.75) is 33.2 Å². The standard InChI is InChI=1S/C23H30N4O4/c1-23(2)15-31-20-11-17(7-8-19(20)30-4)14-27(10-6-5-9-26(3)22(23)29)21(28)18-12-24-16-25-13-18/h7-8,11-13,16H,5-6,9-10,14-15H2,1-4H3. The van der Waals surface area contributed by atoms with Gasteiger partial charge in [0.25, 0.3) is 5.91 Å². The lowest BCUT2D eigenvalue weighted by Gasteiger charge is -2.30. The fourth-order valence-electron chi connectivity index (χ4n) is 3.59. The van der Waals surface area contributed by atoms with Crippen molar-refractivity contribution >= 4 is 11.8 Å². The highest BCUT2D eigenvalue weighted by atomic mass is 16.5. The molecule has 1 aliphatic rings. The van der Waals surface area contributed by atoms with E-state index in [1.165, 1.54) is 18.7 Å². The number of carbonyl (C=O) groups is 2. The Morgan fingerprint density at radius 2 is 1.87 bits per heavy atom. The molecule has 0 spiro atoms. The van der Waals surface area contributed by atoms with Gasteiger partial charge in [-0.25, -0.2) is 9.97 Å². The highest BCUT2D eigenvalue weighted by Crippen LogP contribution is 2.31. The molecule has 0 unspecified atom stereocenters. The van der Waals surface area contributed by atoms with Gasteiger partial charge in [-0.3, -0.25) is 9.59 Å². The van der Waals surface area contributed by atoms with E-state index in [1.807, 2.05) is 32.0 Å². The minimum absolute atomic E-state index is 0.0223. The maximum atomic E-state index is 13.1. The molecule has 1 aromatic heterocycles. The van der Waals surface area contributed by atoms with Crippen LogP contribution < -0.4 is 9.47 Å². The van der Waals surface area contributed by atoms with Gasteiger partial charge in [0.15, 0.2) is 11.5 Å². The van der Waals surface area contributed by atoms with Crippen molar-refractivity contribution in [3.05, 3.63) is 48.0 Å². The van der Waals surface area contributed by atoms with Crippen LogP contribution in [0.1, 0.15) is 42.6 Å². The van der Waals surface area contributed by atoms with E-state index in [2.05, 4.69) is 9.97 Å². The Morgan fingerprint density at radius 3 is 2.58 bits per heavy atom. The molecule has 0 fully saturated rings. The molecule has 31 heavy (non-hydrogen) atoms. The lowest BCUT2D eigenvalue weighted by molar-refractivity contribution is -0.140. The molecule has 8 heteroatoms. The van der Waals surface area contributed by atoms with Crippen LogP contribution in [0.5, 0.6) is 11.5 Å². The molecule has 8 nitrogen and oxygen atoms in total. The predicted molar refractivity (Wildman–Crippen MR) is 116 cm³/mol. The number of hydrogen-bond donors (Lipinski definition) is 0. The van der Waals surface area contributed by atoms with E-state index in [4.69, 9.17) is 9.47 Å². The number of ether oxygens (including phenoxy) is 2. The van der Waals surface area contributed by atoms with Crippen LogP contribution in [0.15, 0.2) is 36.9 Å². The largest absolute Gasteiger partial charge is 0.493 e. The van der Waals surface area contributed by atoms with Gasteiger partial charge in [-0.15, -0.1) is 0 Å². The van der Waals surface area contributed by atoms with Gasteiger partial charge in [0.1, 0.15) is 12.9 Å². The highest BCUT2D eigenvalue weighted by Gasteiger charge is 2.32. The lowest BCUT2D eigenvalue weighted by Crippen LogP contribution is -2.42. The van der Waals surface area contributed by atoms with Crippen LogP contribution >= 0.6 is 0 Å². The van der Waals surface area contributed by atoms with Crippen LogP contribution in [0.3, 0.4) is 0 Å². The van der Waals surface area contributed by atoms with Crippen molar-refractivity contribution in [2.24, 2.45) is 5.41 Å². The van der Waals surface area contributed by atoms with Gasteiger partial charge >= 0.3 is 0 Å². The van der Waals surface area contributed by atoms with Crippen molar-refractivity contribution in [1.29, 1.82) is 0 Å². The van der Waals surface area contributed by atoms with Crippen molar-refractivity contribution in [2.75, 3.05) is 33.9 Å². The van der Waals surface area contributed by atoms with E-state index in [-0.39, 0.29) is 18.4 Å². The average Bonchev–Trinajstić information content (AvgIpc) is 2.78. The zero-order chi connectivity index (χ0) is 22.4. The fraction of sp³-hybridized carbons (Fsp3) is 0.478. The van der Waals surface area contributed by atoms with Gasteiger partial charge in [-0.2, -0.15) is 0 Å². The number of benzene rings is 1. The summed E-state index contributed by atoms with van der Waals surface area (Å²) in [4.78, 5) is 37.4. The van der Waals surface area contributed by atoms with E-state index in [0.29, 0.717) is 36.7 Å². The Hall–Kier alpha value is -3.16. The third-order valence-electron chi connectivity index (χ3n) is 5.38. The highest BCUT2D eigenvalue weighted by molar-refractivity contribution is 5.93. The summed E-state index contributed by atoms with van der Waals surface area (Å²) >= 11 is 0. The Bertz CT molecular complexity index is 917. The number of hydrogen-bond acceptors (Lipinski definition) is 6. The fourth-order valence-corrected chi connectivity index (χ4v) is 3.59. The molecule has 0 saturated heterocycles. The molecule has 3 rings (SSSR count). The van der Waals surface area contributed by atoms with Crippen LogP contribution in [0.4, 0.5) is 0 Å². The van der Waals surface area contributed by atoms with E-state index in [0.717, 1.165) is 18.4 Å². The third kappa shape index (κ3) is 5.51. The molecule has 166 valence electrons. The number of carbonyl (C=O) groups excluding carboxylic acids is 2. The molecule has 0 radical (unpaired) electrons. The Labute approximate surface area is 183 Å². The number of aromatic nitrogens is 2. The molecule has 1 aromatic carbocycles. The topological polar surface area (TPSA) is 84.9 Å². The molecule has 2 heterocycles. The third-order valence-corrected chi connectivity index (χ3v) is 5.38. The predicted octanol–water partition coefficient (Wildman–Crippen LogP) is 2.78. The van der Waals surface area contributed by atoms with E-state index in [1.54, 1.807) is 24.0 Å². The van der Waals surface area contributed by atoms with Crippen LogP contribution in [0.25, 0.3) is 0 Å². The first kappa shape index (κ1) is 22.5. The van der Waals surface area contributed by atoms with Crippen molar-refractivity contribution in [3.63, 3.8) is 0 Å². The van der Waals surface area contributed by atoms with E-state index >= 15 is 0 Å². The first-order chi connectivity index (χ1) is 14.8. The van der Waals surface area contributed by atoms with Gasteiger partial charge in [-0.1, -0.05) is 6.07 Å². The first-order valence-electron chi connectivity index (χ1n) is 10.4. The number of methoxy groups -OCH3 is 1. The second-order valence-electron chi connectivity index (χ2n) is 8.45. The molecule has 0 N–H and O–H groups in total. The molecule has 2 amide bonds. The Balaban J connectivity index is 1.92. The number of rotatable bonds is 2. The zero-order valence-corrected chi connectivity index (χ0v) is 18.6. The normalized spacial score (nSPS) is 17.5. The van der Waals surface area contributed by atoms with Crippen LogP contribution in [0.2, 0.25) is 0 Å². The molecule has 2 bridgehead atoms. The molecular weight excluding hydrogens is 396 g/mol. The van der Waals surface area contributed by atoms with Crippen LogP contribution in [-0.4, -0.2) is 65.4 Å². The molecule has 0 atom stereocenters. The minimum atomic E-state index is -0.671. The Morgan fingerprint density at radius 1 is 1.16 bits per heavy atom. The minimum Gasteiger partial charge on any atom is -0.493 e. The average molecular weight is 427 g/mol. The number of nitrogens with zero attached hydrogens (tertiary/aromatic N) is 4. The van der Waals surface area contributed by atoms with Gasteiger partial charge in [-0.05, 0) is 44.4 Å². The van der Waals surface area contributed by atoms with Gasteiger partial charge in [0, 0.05) is 39.1 Å². The summed E-state index contributed by atoms with van der Waals surface area (Å²) < 4.78 is 11.5. The van der Waals surface area contributed by atoms with E-state index < -0.39 is 5.41 Å². The maximum absolute atomic E-state index is 13.1. The second-order valence-corrected chi connectivity index (χ2v) is 8.45. The van der Waals surface area contributed by atoms with Crippen molar-refractivity contribution < 1.29 is 19.1 Å². The second kappa shape index (κ2) is 9.76. The maximum Gasteiger partial charge on any atom is 0.257 e. The van der Waals surface area contributed by atoms with Crippen LogP contribution in [0, 0.1) is 5.41 Å². The number of fused-ring (bicyclic) bond motifs is 2. The van der Waals surface area contributed by atoms with E-state index in [9.17, 15) is 9.59 Å². The molecule has 0 aliphatic carbocycles. The molecule has 2 aromatic rings. The summed E-state index contributed by atoms with van der Waals surface area (Å²) in [5.74, 6) is 1.03. The molecule has 1 aliphatic heterocycles. The summed E-state index contributed by atoms with van der Waals surface area (Å²) in [6.07, 6.45) is 6.02. The van der Waals surface area contributed by atoms with Crippen molar-refractivity contribution in [1.82, 2.24) is 19.8 Å². The molecule has 0 saturated carbocycles. The smallest absolute Gasteiger partial charge is 0.257 e. The summed E-state index contributed by atoms with van der Waals surface area (Å²) in [5.41, 5.74) is 0.691. The van der Waals surface area contributed by atoms with Gasteiger partial charge in [0.05, 0.1) is 18.1 Å². The zero-order valence-electron chi connectivity index (χ0n) is 18.6. The van der Waals surface area contributed by atoms with Crippen LogP contribution in [-0.2, 0) is 11.3 Å². The summed E-state index contributed by atoms with van der Waals surface area (Å²) in [6.45, 7) is 5.59. The SMILES string of the molecule is COc1ccc2cc1OCC(C)(C)C(=O)N(C)CCCCN(C(=O)c1cncnc1)C2. The number of amides is 2. The quantitative estimate of drug-likeness (QED) is 0.734. The summed E-state index contributed by atoms with van der Waals surface area (Å²) in [6, 6.07) is 5.62. The molecular formula is C23H30N4O4. The monoisotopic (exact) mass is 426 g/mol. The van der Waals surface area contributed by atoms with Gasteiger partial charge in [0.2, 0.25) is 5.91 Å². The first-order valence-corrected chi connectivity index (χ1v) is 10.4. The van der Waals surface area contributed by atoms with Gasteiger partial charge < -0.3 is 19.3 Å². The summed E-state index contributed by atoms with van der Waals surface area (Å²) in [7, 11) is 3.39. The van der Waals surface area contributed by atoms with Crippen molar-refractivity contribution in [3.8, 4) is 11.5 Å². The lowest BCUT2D eigenvalue weighted by atomic mass is 9.92. The summed E-state index contributed by atoms with van der Waals surface area (Å²) in [5, 5.41) is 0. The Kier molecular flexibility index (Phi) is 7.09.